The number of methoxy groups -OCH3 is 1. The monoisotopic (exact) mass is 357 g/mol. The van der Waals surface area contributed by atoms with Crippen molar-refractivity contribution in [3.8, 4) is 0 Å². The highest BCUT2D eigenvalue weighted by Crippen LogP contribution is 2.33. The molecule has 4 heterocycles. The number of aryl methyl sites for hydroxylation is 1. The Balaban J connectivity index is 1.41. The quantitative estimate of drug-likeness (QED) is 0.824. The van der Waals surface area contributed by atoms with E-state index < -0.39 is 0 Å². The van der Waals surface area contributed by atoms with Crippen LogP contribution in [0.15, 0.2) is 18.3 Å². The predicted molar refractivity (Wildman–Crippen MR) is 92.4 cm³/mol. The second kappa shape index (κ2) is 6.77. The summed E-state index contributed by atoms with van der Waals surface area (Å²) >= 11 is 0. The van der Waals surface area contributed by atoms with Crippen molar-refractivity contribution in [2.75, 3.05) is 20.2 Å². The molecule has 0 aliphatic carbocycles. The summed E-state index contributed by atoms with van der Waals surface area (Å²) in [7, 11) is 1.65. The number of rotatable bonds is 3. The fraction of sp³-hybridized carbons (Fsp3) is 0.556. The van der Waals surface area contributed by atoms with Gasteiger partial charge >= 0.3 is 0 Å². The van der Waals surface area contributed by atoms with E-state index in [-0.39, 0.29) is 11.5 Å². The van der Waals surface area contributed by atoms with Crippen molar-refractivity contribution >= 4 is 5.91 Å². The number of hydrogen-bond acceptors (Lipinski definition) is 6. The number of aromatic nitrogens is 4. The number of pyridine rings is 1. The Morgan fingerprint density at radius 2 is 2.15 bits per heavy atom. The zero-order chi connectivity index (χ0) is 18.1. The van der Waals surface area contributed by atoms with Crippen LogP contribution in [0.5, 0.6) is 0 Å². The smallest absolute Gasteiger partial charge is 0.255 e. The summed E-state index contributed by atoms with van der Waals surface area (Å²) in [6.07, 6.45) is 3.23. The molecule has 1 fully saturated rings. The third-order valence-electron chi connectivity index (χ3n) is 5.27. The third-order valence-corrected chi connectivity index (χ3v) is 5.27. The molecule has 2 aromatic rings. The number of carbonyl (C=O) groups excluding carboxylic acids is 1. The molecule has 1 spiro atoms. The first-order valence-electron chi connectivity index (χ1n) is 8.86. The van der Waals surface area contributed by atoms with Crippen molar-refractivity contribution < 1.29 is 14.3 Å². The Morgan fingerprint density at radius 3 is 2.85 bits per heavy atom. The number of fused-ring (bicyclic) bond motifs is 1. The van der Waals surface area contributed by atoms with Crippen LogP contribution < -0.4 is 0 Å². The molecule has 2 aliphatic heterocycles. The number of ether oxygens (including phenoxy) is 2. The Morgan fingerprint density at radius 1 is 1.35 bits per heavy atom. The lowest BCUT2D eigenvalue weighted by molar-refractivity contribution is -0.120. The summed E-state index contributed by atoms with van der Waals surface area (Å²) in [5, 5.41) is 8.44. The molecule has 4 rings (SSSR count). The summed E-state index contributed by atoms with van der Waals surface area (Å²) in [5.74, 6) is 0.0342. The van der Waals surface area contributed by atoms with E-state index in [0.29, 0.717) is 38.4 Å². The Labute approximate surface area is 152 Å². The van der Waals surface area contributed by atoms with E-state index in [4.69, 9.17) is 9.47 Å². The van der Waals surface area contributed by atoms with Crippen molar-refractivity contribution in [1.82, 2.24) is 24.9 Å². The zero-order valence-corrected chi connectivity index (χ0v) is 15.1. The molecule has 0 unspecified atom stereocenters. The number of likely N-dealkylation sites (tertiary alicyclic amines) is 1. The average molecular weight is 357 g/mol. The summed E-state index contributed by atoms with van der Waals surface area (Å²) in [6.45, 7) is 4.85. The minimum Gasteiger partial charge on any atom is -0.378 e. The second-order valence-corrected chi connectivity index (χ2v) is 7.03. The van der Waals surface area contributed by atoms with E-state index in [9.17, 15) is 4.79 Å². The molecule has 138 valence electrons. The van der Waals surface area contributed by atoms with Gasteiger partial charge in [0.25, 0.3) is 5.91 Å². The van der Waals surface area contributed by atoms with Gasteiger partial charge in [0.05, 0.1) is 36.6 Å². The molecular weight excluding hydrogens is 334 g/mol. The highest BCUT2D eigenvalue weighted by atomic mass is 16.5. The molecule has 26 heavy (non-hydrogen) atoms. The molecule has 0 bridgehead atoms. The van der Waals surface area contributed by atoms with Crippen LogP contribution in [0.1, 0.15) is 40.3 Å². The first-order chi connectivity index (χ1) is 12.6. The van der Waals surface area contributed by atoms with Gasteiger partial charge in [0, 0.05) is 32.1 Å². The van der Waals surface area contributed by atoms with Gasteiger partial charge in [0.15, 0.2) is 0 Å². The van der Waals surface area contributed by atoms with Crippen LogP contribution in [-0.2, 0) is 29.2 Å². The van der Waals surface area contributed by atoms with E-state index >= 15 is 0 Å². The van der Waals surface area contributed by atoms with Gasteiger partial charge in [0.1, 0.15) is 5.69 Å². The fourth-order valence-electron chi connectivity index (χ4n) is 3.64. The molecule has 0 radical (unpaired) electrons. The Bertz CT molecular complexity index is 794. The molecule has 2 aliphatic rings. The topological polar surface area (TPSA) is 82.4 Å². The summed E-state index contributed by atoms with van der Waals surface area (Å²) in [4.78, 5) is 18.8. The van der Waals surface area contributed by atoms with Gasteiger partial charge in [-0.3, -0.25) is 9.78 Å². The lowest BCUT2D eigenvalue weighted by Gasteiger charge is -2.43. The largest absolute Gasteiger partial charge is 0.378 e. The molecule has 8 heteroatoms. The van der Waals surface area contributed by atoms with Crippen LogP contribution in [0.25, 0.3) is 0 Å². The molecule has 0 aromatic carbocycles. The predicted octanol–water partition coefficient (Wildman–Crippen LogP) is 1.33. The fourth-order valence-corrected chi connectivity index (χ4v) is 3.64. The van der Waals surface area contributed by atoms with Gasteiger partial charge in [-0.05, 0) is 31.9 Å². The van der Waals surface area contributed by atoms with Crippen molar-refractivity contribution in [3.05, 3.63) is 41.0 Å². The van der Waals surface area contributed by atoms with Crippen molar-refractivity contribution in [2.24, 2.45) is 0 Å². The molecule has 8 nitrogen and oxygen atoms in total. The first-order valence-corrected chi connectivity index (χ1v) is 8.86. The highest BCUT2D eigenvalue weighted by Gasteiger charge is 2.41. The van der Waals surface area contributed by atoms with Gasteiger partial charge in [-0.25, -0.2) is 4.68 Å². The van der Waals surface area contributed by atoms with Crippen LogP contribution in [0.3, 0.4) is 0 Å². The van der Waals surface area contributed by atoms with E-state index in [1.807, 2.05) is 28.6 Å². The molecule has 1 amide bonds. The maximum atomic E-state index is 12.7. The normalized spacial score (nSPS) is 18.8. The maximum Gasteiger partial charge on any atom is 0.255 e. The van der Waals surface area contributed by atoms with Gasteiger partial charge in [-0.15, -0.1) is 5.10 Å². The first kappa shape index (κ1) is 17.1. The van der Waals surface area contributed by atoms with E-state index in [1.165, 1.54) is 0 Å². The van der Waals surface area contributed by atoms with Crippen molar-refractivity contribution in [1.29, 1.82) is 0 Å². The van der Waals surface area contributed by atoms with Crippen molar-refractivity contribution in [3.63, 3.8) is 0 Å². The average Bonchev–Trinajstić information content (AvgIpc) is 3.04. The van der Waals surface area contributed by atoms with Crippen LogP contribution >= 0.6 is 0 Å². The number of hydrogen-bond donors (Lipinski definition) is 0. The summed E-state index contributed by atoms with van der Waals surface area (Å²) < 4.78 is 13.3. The Hall–Kier alpha value is -2.32. The maximum absolute atomic E-state index is 12.7. The summed E-state index contributed by atoms with van der Waals surface area (Å²) in [5.41, 5.74) is 3.10. The number of nitrogens with zero attached hydrogens (tertiary/aromatic N) is 5. The molecule has 1 saturated heterocycles. The standard InChI is InChI=1S/C18H23N5O3/c1-13-3-4-14(9-19-13)17(24)22-7-5-18(6-8-22)12-23-16(11-26-18)15(10-25-2)20-21-23/h3-4,9H,5-8,10-12H2,1-2H3. The zero-order valence-electron chi connectivity index (χ0n) is 15.1. The highest BCUT2D eigenvalue weighted by molar-refractivity contribution is 5.94. The molecule has 0 atom stereocenters. The van der Waals surface area contributed by atoms with Crippen molar-refractivity contribution in [2.45, 2.75) is 45.1 Å². The van der Waals surface area contributed by atoms with Gasteiger partial charge in [-0.1, -0.05) is 5.21 Å². The van der Waals surface area contributed by atoms with Crippen LogP contribution in [0, 0.1) is 6.92 Å². The minimum absolute atomic E-state index is 0.0342. The SMILES string of the molecule is COCc1nnn2c1COC1(CCN(C(=O)c3ccc(C)nc3)CC1)C2. The minimum atomic E-state index is -0.270. The van der Waals surface area contributed by atoms with E-state index in [1.54, 1.807) is 13.3 Å². The molecule has 2 aromatic heterocycles. The summed E-state index contributed by atoms with van der Waals surface area (Å²) in [6, 6.07) is 3.71. The molecule has 0 saturated carbocycles. The van der Waals surface area contributed by atoms with E-state index in [2.05, 4.69) is 15.3 Å². The second-order valence-electron chi connectivity index (χ2n) is 7.03. The van der Waals surface area contributed by atoms with E-state index in [0.717, 1.165) is 29.9 Å². The number of amides is 1. The number of carbonyl (C=O) groups is 1. The van der Waals surface area contributed by atoms with Gasteiger partial charge in [0.2, 0.25) is 0 Å². The Kier molecular flexibility index (Phi) is 4.46. The third kappa shape index (κ3) is 3.10. The van der Waals surface area contributed by atoms with Crippen LogP contribution in [0.4, 0.5) is 0 Å². The van der Waals surface area contributed by atoms with Gasteiger partial charge < -0.3 is 14.4 Å². The lowest BCUT2D eigenvalue weighted by Crippen LogP contribution is -2.52. The number of piperidine rings is 1. The molecular formula is C18H23N5O3. The van der Waals surface area contributed by atoms with Gasteiger partial charge in [-0.2, -0.15) is 0 Å². The van der Waals surface area contributed by atoms with Crippen LogP contribution in [-0.4, -0.2) is 56.6 Å². The molecule has 0 N–H and O–H groups in total. The lowest BCUT2D eigenvalue weighted by atomic mass is 9.89. The van der Waals surface area contributed by atoms with Crippen LogP contribution in [0.2, 0.25) is 0 Å².